The number of hydrogen-bond acceptors (Lipinski definition) is 3. The molecule has 5 heteroatoms. The van der Waals surface area contributed by atoms with Crippen LogP contribution in [-0.2, 0) is 9.53 Å². The van der Waals surface area contributed by atoms with Gasteiger partial charge in [-0.2, -0.15) is 0 Å². The molecule has 18 heavy (non-hydrogen) atoms. The second-order valence-electron chi connectivity index (χ2n) is 4.65. The van der Waals surface area contributed by atoms with Crippen LogP contribution in [0.1, 0.15) is 40.0 Å². The number of amides is 1. The molecule has 2 N–H and O–H groups in total. The van der Waals surface area contributed by atoms with E-state index < -0.39 is 6.10 Å². The summed E-state index contributed by atoms with van der Waals surface area (Å²) in [5.74, 6) is -0.149. The number of nitrogens with one attached hydrogen (secondary N) is 1. The Bertz CT molecular complexity index is 315. The molecule has 0 heterocycles. The summed E-state index contributed by atoms with van der Waals surface area (Å²) >= 11 is 3.40. The van der Waals surface area contributed by atoms with E-state index in [1.165, 1.54) is 6.92 Å². The van der Waals surface area contributed by atoms with Crippen molar-refractivity contribution < 1.29 is 14.6 Å². The molecule has 3 atom stereocenters. The van der Waals surface area contributed by atoms with E-state index in [2.05, 4.69) is 35.1 Å². The summed E-state index contributed by atoms with van der Waals surface area (Å²) in [5.41, 5.74) is 0. The first-order valence-corrected chi connectivity index (χ1v) is 7.24. The fourth-order valence-electron chi connectivity index (χ4n) is 2.14. The van der Waals surface area contributed by atoms with E-state index in [0.717, 1.165) is 17.3 Å². The molecule has 104 valence electrons. The van der Waals surface area contributed by atoms with Crippen LogP contribution in [-0.4, -0.2) is 35.4 Å². The Labute approximate surface area is 117 Å². The lowest BCUT2D eigenvalue weighted by atomic mass is 9.95. The van der Waals surface area contributed by atoms with Crippen molar-refractivity contribution in [3.8, 4) is 0 Å². The van der Waals surface area contributed by atoms with Crippen LogP contribution in [0.2, 0.25) is 0 Å². The molecule has 1 aliphatic rings. The van der Waals surface area contributed by atoms with Crippen molar-refractivity contribution in [1.82, 2.24) is 5.32 Å². The second-order valence-corrected chi connectivity index (χ2v) is 5.67. The molecular formula is C13H22BrNO3. The van der Waals surface area contributed by atoms with Crippen LogP contribution in [0.3, 0.4) is 0 Å². The number of carbonyl (C=O) groups is 1. The zero-order valence-corrected chi connectivity index (χ0v) is 12.7. The lowest BCUT2D eigenvalue weighted by Gasteiger charge is -2.35. The standard InChI is InChI=1S/C13H22BrNO3/c1-4-10(5-2)18-12-7-9(14)6-11(17)13(12)15-8(3)16/h7,10-13,17H,4-6H2,1-3H3,(H,15,16)/t11-,12-,13-/m1/s1. The maximum absolute atomic E-state index is 11.2. The smallest absolute Gasteiger partial charge is 0.217 e. The van der Waals surface area contributed by atoms with Crippen molar-refractivity contribution in [2.24, 2.45) is 0 Å². The van der Waals surface area contributed by atoms with Crippen LogP contribution < -0.4 is 5.32 Å². The topological polar surface area (TPSA) is 58.6 Å². The monoisotopic (exact) mass is 319 g/mol. The van der Waals surface area contributed by atoms with E-state index in [-0.39, 0.29) is 24.2 Å². The highest BCUT2D eigenvalue weighted by Crippen LogP contribution is 2.27. The summed E-state index contributed by atoms with van der Waals surface area (Å²) in [4.78, 5) is 11.2. The van der Waals surface area contributed by atoms with Gasteiger partial charge < -0.3 is 15.2 Å². The van der Waals surface area contributed by atoms with Gasteiger partial charge in [0.25, 0.3) is 0 Å². The van der Waals surface area contributed by atoms with Gasteiger partial charge in [0.2, 0.25) is 5.91 Å². The van der Waals surface area contributed by atoms with Crippen LogP contribution in [0.25, 0.3) is 0 Å². The summed E-state index contributed by atoms with van der Waals surface area (Å²) in [6.07, 6.45) is 3.53. The fourth-order valence-corrected chi connectivity index (χ4v) is 2.73. The number of aliphatic hydroxyl groups excluding tert-OH is 1. The van der Waals surface area contributed by atoms with Crippen LogP contribution in [0.5, 0.6) is 0 Å². The molecule has 0 saturated carbocycles. The molecule has 0 aromatic rings. The number of aliphatic hydroxyl groups is 1. The average Bonchev–Trinajstić information content (AvgIpc) is 2.29. The van der Waals surface area contributed by atoms with E-state index in [0.29, 0.717) is 6.42 Å². The lowest BCUT2D eigenvalue weighted by Crippen LogP contribution is -2.53. The maximum Gasteiger partial charge on any atom is 0.217 e. The highest BCUT2D eigenvalue weighted by molar-refractivity contribution is 9.11. The minimum atomic E-state index is -0.618. The molecule has 0 aromatic carbocycles. The van der Waals surface area contributed by atoms with Gasteiger partial charge in [0.05, 0.1) is 24.4 Å². The minimum absolute atomic E-state index is 0.146. The molecule has 1 rings (SSSR count). The third-order valence-electron chi connectivity index (χ3n) is 3.15. The highest BCUT2D eigenvalue weighted by Gasteiger charge is 2.34. The zero-order chi connectivity index (χ0) is 13.7. The Morgan fingerprint density at radius 2 is 2.22 bits per heavy atom. The van der Waals surface area contributed by atoms with Gasteiger partial charge in [-0.05, 0) is 23.4 Å². The summed E-state index contributed by atoms with van der Waals surface area (Å²) in [5, 5.41) is 12.8. The third kappa shape index (κ3) is 4.37. The average molecular weight is 320 g/mol. The number of ether oxygens (including phenoxy) is 1. The maximum atomic E-state index is 11.2. The van der Waals surface area contributed by atoms with Gasteiger partial charge in [-0.3, -0.25) is 4.79 Å². The summed E-state index contributed by atoms with van der Waals surface area (Å²) < 4.78 is 6.89. The van der Waals surface area contributed by atoms with Gasteiger partial charge in [0.15, 0.2) is 0 Å². The van der Waals surface area contributed by atoms with Crippen LogP contribution in [0.4, 0.5) is 0 Å². The summed E-state index contributed by atoms with van der Waals surface area (Å²) in [6.45, 7) is 5.59. The van der Waals surface area contributed by atoms with Crippen LogP contribution in [0.15, 0.2) is 10.6 Å². The number of halogens is 1. The van der Waals surface area contributed by atoms with Crippen LogP contribution in [0, 0.1) is 0 Å². The first-order valence-electron chi connectivity index (χ1n) is 6.44. The number of hydrogen-bond donors (Lipinski definition) is 2. The highest BCUT2D eigenvalue weighted by atomic mass is 79.9. The van der Waals surface area contributed by atoms with Crippen molar-refractivity contribution >= 4 is 21.8 Å². The van der Waals surface area contributed by atoms with Gasteiger partial charge >= 0.3 is 0 Å². The molecule has 1 amide bonds. The largest absolute Gasteiger partial charge is 0.391 e. The molecule has 0 spiro atoms. The molecule has 0 saturated heterocycles. The Balaban J connectivity index is 2.79. The van der Waals surface area contributed by atoms with Gasteiger partial charge in [0, 0.05) is 13.3 Å². The van der Waals surface area contributed by atoms with E-state index in [1.807, 2.05) is 6.08 Å². The van der Waals surface area contributed by atoms with Crippen molar-refractivity contribution in [2.45, 2.75) is 64.4 Å². The predicted molar refractivity (Wildman–Crippen MR) is 74.5 cm³/mol. The first-order chi connectivity index (χ1) is 8.47. The van der Waals surface area contributed by atoms with Gasteiger partial charge in [-0.15, -0.1) is 0 Å². The van der Waals surface area contributed by atoms with Crippen LogP contribution >= 0.6 is 15.9 Å². The zero-order valence-electron chi connectivity index (χ0n) is 11.1. The van der Waals surface area contributed by atoms with Crippen molar-refractivity contribution in [3.05, 3.63) is 10.6 Å². The SMILES string of the molecule is CCC(CC)O[C@@H]1C=C(Br)C[C@@H](O)[C@H]1NC(C)=O. The molecule has 1 aliphatic carbocycles. The van der Waals surface area contributed by atoms with E-state index >= 15 is 0 Å². The Hall–Kier alpha value is -0.390. The Kier molecular flexibility index (Phi) is 6.32. The quantitative estimate of drug-likeness (QED) is 0.816. The molecule has 0 aromatic heterocycles. The third-order valence-corrected chi connectivity index (χ3v) is 3.74. The van der Waals surface area contributed by atoms with E-state index in [1.54, 1.807) is 0 Å². The van der Waals surface area contributed by atoms with E-state index in [4.69, 9.17) is 4.74 Å². The van der Waals surface area contributed by atoms with Gasteiger partial charge in [-0.25, -0.2) is 0 Å². The number of rotatable bonds is 5. The molecule has 4 nitrogen and oxygen atoms in total. The Morgan fingerprint density at radius 3 is 2.72 bits per heavy atom. The molecule has 0 fully saturated rings. The van der Waals surface area contributed by atoms with Gasteiger partial charge in [0.1, 0.15) is 0 Å². The van der Waals surface area contributed by atoms with E-state index in [9.17, 15) is 9.90 Å². The molecule has 0 aliphatic heterocycles. The minimum Gasteiger partial charge on any atom is -0.391 e. The van der Waals surface area contributed by atoms with Crippen molar-refractivity contribution in [2.75, 3.05) is 0 Å². The fraction of sp³-hybridized carbons (Fsp3) is 0.769. The van der Waals surface area contributed by atoms with Crippen molar-refractivity contribution in [1.29, 1.82) is 0 Å². The predicted octanol–water partition coefficient (Wildman–Crippen LogP) is 2.11. The number of carbonyl (C=O) groups excluding carboxylic acids is 1. The lowest BCUT2D eigenvalue weighted by molar-refractivity contribution is -0.123. The summed E-state index contributed by atoms with van der Waals surface area (Å²) in [7, 11) is 0. The molecule has 0 bridgehead atoms. The first kappa shape index (κ1) is 15.7. The second kappa shape index (κ2) is 7.26. The molecular weight excluding hydrogens is 298 g/mol. The van der Waals surface area contributed by atoms with Gasteiger partial charge in [-0.1, -0.05) is 29.8 Å². The molecule has 0 unspecified atom stereocenters. The Morgan fingerprint density at radius 1 is 1.61 bits per heavy atom. The van der Waals surface area contributed by atoms with Crippen molar-refractivity contribution in [3.63, 3.8) is 0 Å². The molecule has 0 radical (unpaired) electrons. The normalized spacial score (nSPS) is 28.1. The summed E-state index contributed by atoms with van der Waals surface area (Å²) in [6, 6.07) is -0.371.